The molecule has 68 heavy (non-hydrogen) atoms. The van der Waals surface area contributed by atoms with Crippen LogP contribution in [0.3, 0.4) is 0 Å². The van der Waals surface area contributed by atoms with Gasteiger partial charge >= 0.3 is 16.2 Å². The number of benzene rings is 2. The molecule has 0 spiro atoms. The van der Waals surface area contributed by atoms with Crippen molar-refractivity contribution >= 4 is 78.8 Å². The predicted octanol–water partition coefficient (Wildman–Crippen LogP) is 7.27. The summed E-state index contributed by atoms with van der Waals surface area (Å²) in [5.41, 5.74) is 2.97. The number of hydrogen-bond donors (Lipinski definition) is 3. The summed E-state index contributed by atoms with van der Waals surface area (Å²) in [5.74, 6) is -1.14. The van der Waals surface area contributed by atoms with Crippen LogP contribution in [-0.2, 0) is 38.0 Å². The molecular weight excluding hydrogens is 981 g/mol. The Hall–Kier alpha value is -7.35. The third-order valence-corrected chi connectivity index (χ3v) is 11.8. The largest absolute Gasteiger partial charge is 0.507 e. The second-order valence-electron chi connectivity index (χ2n) is 14.3. The van der Waals surface area contributed by atoms with Gasteiger partial charge in [-0.05, 0) is 81.8 Å². The molecule has 0 amide bonds. The molecule has 2 aromatic heterocycles. The summed E-state index contributed by atoms with van der Waals surface area (Å²) in [7, 11) is 1.87. The van der Waals surface area contributed by atoms with Crippen LogP contribution in [0.1, 0.15) is 50.8 Å². The maximum absolute atomic E-state index is 13.3. The number of carbonyl (C=O) groups excluding carboxylic acids is 2. The van der Waals surface area contributed by atoms with Crippen molar-refractivity contribution in [2.45, 2.75) is 45.7 Å². The Balaban J connectivity index is 0.000000235. The van der Waals surface area contributed by atoms with Crippen molar-refractivity contribution in [2.24, 2.45) is 20.4 Å². The standard InChI is InChI=1S/C25H29F3N2O.2C9H6N4O4S.Co/c1-6-24(4)20-15-18(25(26,27)28)11-13-21(20)29(5)23(24)14-10-17-9-12-19(16-22(17)31)30(7-2)8-3;2*14-5-1-2-6(7(15)3-5)11-12-9-10-4-8(18-9)13(16)17;/h9-16H,6-8H2,1-5H3;2*1-4H,(H2,10,12,14,15);/p-1. The molecule has 4 aromatic rings. The Morgan fingerprint density at radius 1 is 0.794 bits per heavy atom. The van der Waals surface area contributed by atoms with E-state index in [9.17, 15) is 58.3 Å². The molecule has 2 aromatic carbocycles. The van der Waals surface area contributed by atoms with Gasteiger partial charge in [-0.3, -0.25) is 40.0 Å². The number of rotatable bonds is 10. The number of fused-ring (bicyclic) bond motifs is 1. The van der Waals surface area contributed by atoms with E-state index in [0.717, 1.165) is 83.5 Å². The number of alkyl halides is 3. The van der Waals surface area contributed by atoms with Gasteiger partial charge in [0, 0.05) is 99.0 Å². The third kappa shape index (κ3) is 13.0. The van der Waals surface area contributed by atoms with E-state index in [4.69, 9.17) is 0 Å². The van der Waals surface area contributed by atoms with Crippen LogP contribution >= 0.6 is 22.7 Å². The van der Waals surface area contributed by atoms with Crippen LogP contribution in [0.2, 0.25) is 0 Å². The smallest absolute Gasteiger partial charge is 0.416 e. The molecule has 3 aliphatic rings. The minimum Gasteiger partial charge on any atom is -0.507 e. The molecular formula is C43H40CoF3N10O9S2-. The fourth-order valence-electron chi connectivity index (χ4n) is 6.52. The molecule has 7 rings (SSSR count). The molecule has 19 nitrogen and oxygen atoms in total. The second-order valence-corrected chi connectivity index (χ2v) is 16.3. The Morgan fingerprint density at radius 2 is 1.31 bits per heavy atom. The number of phenols is 1. The number of allylic oxidation sites excluding steroid dienone is 7. The molecule has 0 saturated heterocycles. The van der Waals surface area contributed by atoms with Gasteiger partial charge in [-0.2, -0.15) is 17.7 Å². The number of nitro groups is 2. The van der Waals surface area contributed by atoms with Gasteiger partial charge in [-0.25, -0.2) is 0 Å². The molecule has 359 valence electrons. The minimum atomic E-state index is -4.38. The number of nitrogens with zero attached hydrogens (tertiary/aromatic N) is 10. The summed E-state index contributed by atoms with van der Waals surface area (Å²) in [5, 5.41) is 64.4. The first-order chi connectivity index (χ1) is 31.7. The van der Waals surface area contributed by atoms with Crippen molar-refractivity contribution in [3.05, 3.63) is 149 Å². The molecule has 0 fully saturated rings. The average Bonchev–Trinajstić information content (AvgIpc) is 4.02. The van der Waals surface area contributed by atoms with Crippen molar-refractivity contribution in [1.82, 2.24) is 9.97 Å². The normalized spacial score (nSPS) is 18.2. The Morgan fingerprint density at radius 3 is 1.72 bits per heavy atom. The predicted molar refractivity (Wildman–Crippen MR) is 245 cm³/mol. The van der Waals surface area contributed by atoms with Crippen LogP contribution in [0.5, 0.6) is 5.75 Å². The van der Waals surface area contributed by atoms with E-state index in [1.165, 1.54) is 30.4 Å². The van der Waals surface area contributed by atoms with Gasteiger partial charge in [-0.1, -0.05) is 29.6 Å². The first kappa shape index (κ1) is 53.3. The molecule has 1 unspecified atom stereocenters. The molecule has 3 heterocycles. The summed E-state index contributed by atoms with van der Waals surface area (Å²) in [6.45, 7) is 9.77. The van der Waals surface area contributed by atoms with Crippen molar-refractivity contribution in [3.8, 4) is 5.75 Å². The second kappa shape index (κ2) is 22.9. The average molecular weight is 1020 g/mol. The van der Waals surface area contributed by atoms with E-state index in [1.54, 1.807) is 12.1 Å². The van der Waals surface area contributed by atoms with E-state index < -0.39 is 27.0 Å². The van der Waals surface area contributed by atoms with E-state index in [-0.39, 0.29) is 76.6 Å². The summed E-state index contributed by atoms with van der Waals surface area (Å²) >= 11 is 1.51. The van der Waals surface area contributed by atoms with Gasteiger partial charge < -0.3 is 40.4 Å². The molecule has 25 heteroatoms. The number of thiazole rings is 2. The van der Waals surface area contributed by atoms with Gasteiger partial charge in [0.05, 0.1) is 20.8 Å². The van der Waals surface area contributed by atoms with Crippen LogP contribution in [0.15, 0.2) is 123 Å². The number of hydrogen-bond acceptors (Lipinski definition) is 16. The maximum Gasteiger partial charge on any atom is 0.416 e. The number of aliphatic hydroxyl groups is 2. The van der Waals surface area contributed by atoms with Gasteiger partial charge in [-0.15, -0.1) is 0 Å². The number of halogens is 3. The van der Waals surface area contributed by atoms with Crippen LogP contribution in [0, 0.1) is 20.2 Å². The van der Waals surface area contributed by atoms with Crippen LogP contribution in [-0.4, -0.2) is 78.6 Å². The van der Waals surface area contributed by atoms with Crippen molar-refractivity contribution in [3.63, 3.8) is 0 Å². The van der Waals surface area contributed by atoms with Crippen molar-refractivity contribution in [2.75, 3.05) is 25.0 Å². The molecule has 0 bridgehead atoms. The zero-order valence-electron chi connectivity index (χ0n) is 36.4. The number of aromatic hydroxyl groups is 1. The minimum absolute atomic E-state index is 0. The summed E-state index contributed by atoms with van der Waals surface area (Å²) < 4.78 is 41.8. The SMILES string of the molecule is CCN(CC)c1ccc(/C=C/C2=[N+](C)c3ccc(C(F)(F)F)cc3C2(C)CC)c(O)c1.O=C1C=CC(=NN=c2[n-]cc([N+](=O)[O-])s2)C(O)=C1.O=C1C=CC(=NN=c2[n-]cc([N+](=O)[O-])s2)C(O)=C1.[Co]. The third-order valence-electron chi connectivity index (χ3n) is 10.2. The quantitative estimate of drug-likeness (QED) is 0.0613. The van der Waals surface area contributed by atoms with E-state index in [1.807, 2.05) is 49.8 Å². The first-order valence-corrected chi connectivity index (χ1v) is 21.4. The fourth-order valence-corrected chi connectivity index (χ4v) is 7.63. The zero-order valence-corrected chi connectivity index (χ0v) is 39.1. The number of carbonyl (C=O) groups is 2. The van der Waals surface area contributed by atoms with Crippen molar-refractivity contribution < 1.29 is 69.3 Å². The van der Waals surface area contributed by atoms with Crippen LogP contribution < -0.4 is 24.5 Å². The van der Waals surface area contributed by atoms with E-state index in [2.05, 4.69) is 49.1 Å². The number of aliphatic hydroxyl groups excluding tert-OH is 2. The summed E-state index contributed by atoms with van der Waals surface area (Å²) in [4.78, 5) is 51.1. The molecule has 1 radical (unpaired) electrons. The summed E-state index contributed by atoms with van der Waals surface area (Å²) in [6, 6.07) is 9.54. The Bertz CT molecular complexity index is 2890. The van der Waals surface area contributed by atoms with E-state index >= 15 is 0 Å². The molecule has 3 N–H and O–H groups in total. The van der Waals surface area contributed by atoms with Gasteiger partial charge in [0.15, 0.2) is 17.3 Å². The monoisotopic (exact) mass is 1020 g/mol. The van der Waals surface area contributed by atoms with Gasteiger partial charge in [0.25, 0.3) is 0 Å². The topological polar surface area (TPSA) is 265 Å². The van der Waals surface area contributed by atoms with Gasteiger partial charge in [0.1, 0.15) is 35.7 Å². The van der Waals surface area contributed by atoms with E-state index in [0.29, 0.717) is 17.5 Å². The van der Waals surface area contributed by atoms with Crippen molar-refractivity contribution in [1.29, 1.82) is 0 Å². The number of aromatic nitrogens is 2. The molecule has 1 aliphatic heterocycles. The number of ketones is 2. The Labute approximate surface area is 402 Å². The van der Waals surface area contributed by atoms with Crippen LogP contribution in [0.4, 0.5) is 34.5 Å². The zero-order chi connectivity index (χ0) is 49.2. The number of phenolic OH excluding ortho intramolecular Hbond substituents is 1. The molecule has 0 saturated carbocycles. The fraction of sp³-hybridized carbons (Fsp3) is 0.233. The first-order valence-electron chi connectivity index (χ1n) is 19.8. The molecule has 1 atom stereocenters. The summed E-state index contributed by atoms with van der Waals surface area (Å²) in [6.07, 6.45) is 9.18. The van der Waals surface area contributed by atoms with Crippen LogP contribution in [0.25, 0.3) is 6.08 Å². The number of anilines is 1. The Kier molecular flexibility index (Phi) is 17.9. The molecule has 2 aliphatic carbocycles. The maximum atomic E-state index is 13.3. The van der Waals surface area contributed by atoms with Gasteiger partial charge in [0.2, 0.25) is 5.69 Å².